The Hall–Kier alpha value is -1.32. The largest absolute Gasteiger partial charge is 0.399 e. The molecule has 0 amide bonds. The van der Waals surface area contributed by atoms with Crippen molar-refractivity contribution in [2.75, 3.05) is 17.2 Å². The van der Waals surface area contributed by atoms with Crippen LogP contribution in [0.1, 0.15) is 6.42 Å². The van der Waals surface area contributed by atoms with Crippen LogP contribution in [-0.2, 0) is 10.0 Å². The van der Waals surface area contributed by atoms with Gasteiger partial charge in [-0.1, -0.05) is 0 Å². The number of benzene rings is 1. The zero-order valence-corrected chi connectivity index (χ0v) is 11.5. The summed E-state index contributed by atoms with van der Waals surface area (Å²) >= 11 is 1.65. The number of sulfonamides is 1. The third-order valence-corrected chi connectivity index (χ3v) is 5.45. The maximum Gasteiger partial charge on any atom is 0.291 e. The first-order valence-electron chi connectivity index (χ1n) is 5.54. The van der Waals surface area contributed by atoms with Crippen molar-refractivity contribution in [1.82, 2.24) is 4.72 Å². The van der Waals surface area contributed by atoms with Crippen molar-refractivity contribution in [2.45, 2.75) is 17.4 Å². The van der Waals surface area contributed by atoms with Crippen molar-refractivity contribution in [1.29, 1.82) is 0 Å². The van der Waals surface area contributed by atoms with Gasteiger partial charge in [-0.3, -0.25) is 10.1 Å². The van der Waals surface area contributed by atoms with Gasteiger partial charge in [0.1, 0.15) is 0 Å². The fourth-order valence-corrected chi connectivity index (χ4v) is 4.50. The lowest BCUT2D eigenvalue weighted by Gasteiger charge is -2.12. The first-order chi connectivity index (χ1) is 8.90. The predicted molar refractivity (Wildman–Crippen MR) is 73.6 cm³/mol. The quantitative estimate of drug-likeness (QED) is 0.486. The van der Waals surface area contributed by atoms with Crippen LogP contribution < -0.4 is 10.5 Å². The van der Waals surface area contributed by atoms with Crippen molar-refractivity contribution in [3.8, 4) is 0 Å². The van der Waals surface area contributed by atoms with E-state index in [1.807, 2.05) is 0 Å². The predicted octanol–water partition coefficient (Wildman–Crippen LogP) is 0.961. The van der Waals surface area contributed by atoms with Crippen LogP contribution >= 0.6 is 11.8 Å². The van der Waals surface area contributed by atoms with Gasteiger partial charge in [-0.2, -0.15) is 11.8 Å². The summed E-state index contributed by atoms with van der Waals surface area (Å²) in [5.41, 5.74) is 5.10. The Labute approximate surface area is 114 Å². The molecule has 1 saturated heterocycles. The van der Waals surface area contributed by atoms with E-state index >= 15 is 0 Å². The summed E-state index contributed by atoms with van der Waals surface area (Å²) in [6, 6.07) is 3.38. The molecule has 0 saturated carbocycles. The number of nitrogens with one attached hydrogen (secondary N) is 1. The number of thioether (sulfide) groups is 1. The highest BCUT2D eigenvalue weighted by Crippen LogP contribution is 2.27. The molecule has 1 unspecified atom stereocenters. The van der Waals surface area contributed by atoms with E-state index in [4.69, 9.17) is 5.73 Å². The summed E-state index contributed by atoms with van der Waals surface area (Å²) in [6.45, 7) is 0. The van der Waals surface area contributed by atoms with Crippen LogP contribution in [0.2, 0.25) is 0 Å². The number of nitro groups is 1. The first kappa shape index (κ1) is 14.1. The van der Waals surface area contributed by atoms with E-state index in [1.165, 1.54) is 6.07 Å². The lowest BCUT2D eigenvalue weighted by molar-refractivity contribution is -0.387. The van der Waals surface area contributed by atoms with E-state index < -0.39 is 20.6 Å². The molecule has 1 aliphatic rings. The standard InChI is InChI=1S/C10H13N3O4S2/c11-7-1-2-10(9(5-7)13(14)15)19(16,17)12-8-3-4-18-6-8/h1-2,5,8,12H,3-4,6,11H2. The van der Waals surface area contributed by atoms with E-state index in [9.17, 15) is 18.5 Å². The molecule has 104 valence electrons. The zero-order valence-electron chi connectivity index (χ0n) is 9.90. The Balaban J connectivity index is 2.36. The molecular weight excluding hydrogens is 290 g/mol. The first-order valence-corrected chi connectivity index (χ1v) is 8.18. The van der Waals surface area contributed by atoms with Gasteiger partial charge in [0.25, 0.3) is 5.69 Å². The van der Waals surface area contributed by atoms with Crippen LogP contribution in [0.4, 0.5) is 11.4 Å². The Morgan fingerprint density at radius 1 is 1.47 bits per heavy atom. The second-order valence-electron chi connectivity index (χ2n) is 4.17. The number of anilines is 1. The molecule has 3 N–H and O–H groups in total. The van der Waals surface area contributed by atoms with Crippen molar-refractivity contribution < 1.29 is 13.3 Å². The Morgan fingerprint density at radius 2 is 2.21 bits per heavy atom. The van der Waals surface area contributed by atoms with Crippen LogP contribution in [0.3, 0.4) is 0 Å². The van der Waals surface area contributed by atoms with Crippen molar-refractivity contribution in [3.63, 3.8) is 0 Å². The molecule has 1 atom stereocenters. The van der Waals surface area contributed by atoms with Gasteiger partial charge in [-0.05, 0) is 24.3 Å². The van der Waals surface area contributed by atoms with Crippen LogP contribution in [-0.4, -0.2) is 30.9 Å². The summed E-state index contributed by atoms with van der Waals surface area (Å²) in [4.78, 5) is 9.83. The highest BCUT2D eigenvalue weighted by Gasteiger charge is 2.29. The van der Waals surface area contributed by atoms with Gasteiger partial charge in [-0.25, -0.2) is 13.1 Å². The monoisotopic (exact) mass is 303 g/mol. The van der Waals surface area contributed by atoms with Crippen molar-refractivity contribution in [3.05, 3.63) is 28.3 Å². The Kier molecular flexibility index (Phi) is 3.97. The zero-order chi connectivity index (χ0) is 14.0. The van der Waals surface area contributed by atoms with Gasteiger partial charge in [0, 0.05) is 23.5 Å². The number of hydrogen-bond acceptors (Lipinski definition) is 6. The van der Waals surface area contributed by atoms with Gasteiger partial charge in [0.15, 0.2) is 4.90 Å². The molecule has 0 spiro atoms. The Morgan fingerprint density at radius 3 is 2.79 bits per heavy atom. The molecular formula is C10H13N3O4S2. The second-order valence-corrected chi connectivity index (χ2v) is 7.00. The van der Waals surface area contributed by atoms with E-state index in [0.29, 0.717) is 5.75 Å². The number of hydrogen-bond donors (Lipinski definition) is 2. The van der Waals surface area contributed by atoms with E-state index in [1.54, 1.807) is 11.8 Å². The SMILES string of the molecule is Nc1ccc(S(=O)(=O)NC2CCSC2)c([N+](=O)[O-])c1. The summed E-state index contributed by atoms with van der Waals surface area (Å²) in [5.74, 6) is 1.57. The van der Waals surface area contributed by atoms with E-state index in [-0.39, 0.29) is 16.6 Å². The topological polar surface area (TPSA) is 115 Å². The number of nitrogens with zero attached hydrogens (tertiary/aromatic N) is 1. The average Bonchev–Trinajstić information content (AvgIpc) is 2.80. The van der Waals surface area contributed by atoms with Gasteiger partial charge in [-0.15, -0.1) is 0 Å². The third kappa shape index (κ3) is 3.17. The van der Waals surface area contributed by atoms with Gasteiger partial charge >= 0.3 is 0 Å². The summed E-state index contributed by atoms with van der Waals surface area (Å²) in [6.07, 6.45) is 0.729. The molecule has 1 fully saturated rings. The maximum absolute atomic E-state index is 12.2. The minimum atomic E-state index is -3.90. The van der Waals surface area contributed by atoms with Crippen molar-refractivity contribution >= 4 is 33.2 Å². The molecule has 9 heteroatoms. The maximum atomic E-state index is 12.2. The lowest BCUT2D eigenvalue weighted by atomic mass is 10.3. The van der Waals surface area contributed by atoms with E-state index in [0.717, 1.165) is 24.3 Å². The molecule has 0 bridgehead atoms. The molecule has 7 nitrogen and oxygen atoms in total. The van der Waals surface area contributed by atoms with Gasteiger partial charge in [0.2, 0.25) is 10.0 Å². The molecule has 0 aromatic heterocycles. The lowest BCUT2D eigenvalue weighted by Crippen LogP contribution is -2.34. The normalized spacial score (nSPS) is 19.5. The van der Waals surface area contributed by atoms with Gasteiger partial charge in [0.05, 0.1) is 4.92 Å². The van der Waals surface area contributed by atoms with E-state index in [2.05, 4.69) is 4.72 Å². The highest BCUT2D eigenvalue weighted by molar-refractivity contribution is 7.99. The van der Waals surface area contributed by atoms with Gasteiger partial charge < -0.3 is 5.73 Å². The Bertz CT molecular complexity index is 597. The minimum Gasteiger partial charge on any atom is -0.399 e. The summed E-state index contributed by atoms with van der Waals surface area (Å²) in [7, 11) is -3.90. The molecule has 0 radical (unpaired) electrons. The molecule has 1 heterocycles. The van der Waals surface area contributed by atoms with Crippen LogP contribution in [0.15, 0.2) is 23.1 Å². The smallest absolute Gasteiger partial charge is 0.291 e. The fourth-order valence-electron chi connectivity index (χ4n) is 1.81. The van der Waals surface area contributed by atoms with Crippen LogP contribution in [0.5, 0.6) is 0 Å². The molecule has 1 aromatic carbocycles. The number of nitrogens with two attached hydrogens (primary N) is 1. The minimum absolute atomic E-state index is 0.155. The summed E-state index contributed by atoms with van der Waals surface area (Å²) < 4.78 is 26.8. The molecule has 1 aliphatic heterocycles. The number of rotatable bonds is 4. The highest BCUT2D eigenvalue weighted by atomic mass is 32.2. The molecule has 2 rings (SSSR count). The third-order valence-electron chi connectivity index (χ3n) is 2.72. The fraction of sp³-hybridized carbons (Fsp3) is 0.400. The van der Waals surface area contributed by atoms with Crippen LogP contribution in [0.25, 0.3) is 0 Å². The second kappa shape index (κ2) is 5.35. The molecule has 1 aromatic rings. The average molecular weight is 303 g/mol. The molecule has 0 aliphatic carbocycles. The number of nitrogen functional groups attached to an aromatic ring is 1. The van der Waals surface area contributed by atoms with Crippen LogP contribution in [0, 0.1) is 10.1 Å². The number of nitro benzene ring substituents is 1. The molecule has 19 heavy (non-hydrogen) atoms. The summed E-state index contributed by atoms with van der Waals surface area (Å²) in [5, 5.41) is 10.9. The van der Waals surface area contributed by atoms with Crippen molar-refractivity contribution in [2.24, 2.45) is 0 Å².